The smallest absolute Gasteiger partial charge is 0.338 e. The van der Waals surface area contributed by atoms with Gasteiger partial charge in [-0.3, -0.25) is 9.36 Å². The summed E-state index contributed by atoms with van der Waals surface area (Å²) in [6.45, 7) is 8.89. The fourth-order valence-corrected chi connectivity index (χ4v) is 6.97. The highest BCUT2D eigenvalue weighted by atomic mass is 35.5. The van der Waals surface area contributed by atoms with E-state index in [1.54, 1.807) is 11.5 Å². The highest BCUT2D eigenvalue weighted by molar-refractivity contribution is 7.07. The molecule has 0 saturated carbocycles. The number of benzene rings is 4. The van der Waals surface area contributed by atoms with Crippen LogP contribution in [0.1, 0.15) is 67.5 Å². The maximum Gasteiger partial charge on any atom is 0.338 e. The molecule has 1 aromatic heterocycles. The summed E-state index contributed by atoms with van der Waals surface area (Å²) in [5.41, 5.74) is 4.97. The van der Waals surface area contributed by atoms with Gasteiger partial charge in [0.25, 0.3) is 5.56 Å². The summed E-state index contributed by atoms with van der Waals surface area (Å²) in [5, 5.41) is 0.642. The lowest BCUT2D eigenvalue weighted by molar-refractivity contribution is -0.138. The van der Waals surface area contributed by atoms with Crippen LogP contribution in [0, 0.1) is 0 Å². The van der Waals surface area contributed by atoms with Gasteiger partial charge in [-0.15, -0.1) is 0 Å². The van der Waals surface area contributed by atoms with E-state index in [0.717, 1.165) is 27.8 Å². The molecule has 0 aliphatic carbocycles. The molecule has 5 aromatic rings. The van der Waals surface area contributed by atoms with E-state index >= 15 is 0 Å². The van der Waals surface area contributed by atoms with Gasteiger partial charge in [0.1, 0.15) is 6.61 Å². The molecule has 0 radical (unpaired) electrons. The molecule has 4 aromatic carbocycles. The number of halogens is 1. The molecule has 0 unspecified atom stereocenters. The van der Waals surface area contributed by atoms with Gasteiger partial charge in [-0.1, -0.05) is 110 Å². The van der Waals surface area contributed by atoms with Crippen LogP contribution in [0.15, 0.2) is 112 Å². The van der Waals surface area contributed by atoms with Crippen molar-refractivity contribution in [3.63, 3.8) is 0 Å². The van der Waals surface area contributed by atoms with Crippen LogP contribution < -0.4 is 24.4 Å². The lowest BCUT2D eigenvalue weighted by Gasteiger charge is -2.26. The summed E-state index contributed by atoms with van der Waals surface area (Å²) < 4.78 is 19.7. The molecule has 1 aliphatic rings. The average Bonchev–Trinajstić information content (AvgIpc) is 3.41. The van der Waals surface area contributed by atoms with Crippen molar-refractivity contribution in [2.75, 3.05) is 13.2 Å². The fraction of sp³-hybridized carbons (Fsp3) is 0.225. The third-order valence-electron chi connectivity index (χ3n) is 8.14. The molecular weight excluding hydrogens is 656 g/mol. The van der Waals surface area contributed by atoms with Gasteiger partial charge >= 0.3 is 5.97 Å². The monoisotopic (exact) mass is 692 g/mol. The molecule has 49 heavy (non-hydrogen) atoms. The largest absolute Gasteiger partial charge is 0.490 e. The second-order valence-electron chi connectivity index (χ2n) is 11.8. The van der Waals surface area contributed by atoms with Crippen LogP contribution in [0.5, 0.6) is 11.5 Å². The minimum absolute atomic E-state index is 0.189. The Hall–Kier alpha value is -4.92. The van der Waals surface area contributed by atoms with Crippen LogP contribution in [-0.4, -0.2) is 23.8 Å². The number of aromatic nitrogens is 1. The molecule has 2 heterocycles. The minimum atomic E-state index is -0.741. The van der Waals surface area contributed by atoms with Crippen LogP contribution in [0.3, 0.4) is 0 Å². The Bertz CT molecular complexity index is 2190. The summed E-state index contributed by atoms with van der Waals surface area (Å²) in [6.07, 6.45) is 1.82. The van der Waals surface area contributed by atoms with E-state index in [1.807, 2.05) is 110 Å². The van der Waals surface area contributed by atoms with Crippen molar-refractivity contribution in [3.05, 3.63) is 155 Å². The maximum absolute atomic E-state index is 14.4. The summed E-state index contributed by atoms with van der Waals surface area (Å²) in [5.74, 6) is 0.959. The summed E-state index contributed by atoms with van der Waals surface area (Å²) >= 11 is 7.43. The van der Waals surface area contributed by atoms with E-state index in [9.17, 15) is 9.59 Å². The number of hydrogen-bond acceptors (Lipinski definition) is 7. The van der Waals surface area contributed by atoms with Gasteiger partial charge in [0.05, 0.1) is 35.1 Å². The molecule has 0 saturated heterocycles. The molecule has 1 aliphatic heterocycles. The third kappa shape index (κ3) is 7.41. The highest BCUT2D eigenvalue weighted by Gasteiger charge is 2.35. The lowest BCUT2D eigenvalue weighted by Crippen LogP contribution is -2.40. The number of fused-ring (bicyclic) bond motifs is 1. The second-order valence-corrected chi connectivity index (χ2v) is 13.3. The first-order valence-electron chi connectivity index (χ1n) is 16.3. The zero-order valence-electron chi connectivity index (χ0n) is 27.8. The average molecular weight is 693 g/mol. The Kier molecular flexibility index (Phi) is 10.5. The van der Waals surface area contributed by atoms with E-state index in [0.29, 0.717) is 56.3 Å². The van der Waals surface area contributed by atoms with Crippen LogP contribution in [-0.2, 0) is 16.1 Å². The summed E-state index contributed by atoms with van der Waals surface area (Å²) in [6, 6.07) is 30.0. The quantitative estimate of drug-likeness (QED) is 0.133. The van der Waals surface area contributed by atoms with Crippen LogP contribution in [0.2, 0.25) is 5.02 Å². The van der Waals surface area contributed by atoms with Crippen molar-refractivity contribution in [1.29, 1.82) is 0 Å². The number of esters is 1. The van der Waals surface area contributed by atoms with Crippen molar-refractivity contribution in [1.82, 2.24) is 4.57 Å². The Labute approximate surface area is 294 Å². The number of carbonyl (C=O) groups is 1. The lowest BCUT2D eigenvalue weighted by atomic mass is 9.91. The van der Waals surface area contributed by atoms with Gasteiger partial charge in [-0.05, 0) is 72.4 Å². The number of ether oxygens (including phenoxy) is 3. The zero-order valence-corrected chi connectivity index (χ0v) is 29.4. The topological polar surface area (TPSA) is 79.1 Å². The molecule has 6 rings (SSSR count). The van der Waals surface area contributed by atoms with Gasteiger partial charge in [0, 0.05) is 10.6 Å². The molecule has 7 nitrogen and oxygen atoms in total. The fourth-order valence-electron chi connectivity index (χ4n) is 5.76. The number of thiazole rings is 1. The zero-order chi connectivity index (χ0) is 34.5. The normalized spacial score (nSPS) is 14.4. The van der Waals surface area contributed by atoms with Gasteiger partial charge < -0.3 is 14.2 Å². The van der Waals surface area contributed by atoms with Crippen molar-refractivity contribution in [2.24, 2.45) is 4.99 Å². The third-order valence-corrected chi connectivity index (χ3v) is 9.36. The number of nitrogens with zero attached hydrogens (tertiary/aromatic N) is 2. The molecule has 0 N–H and O–H groups in total. The number of rotatable bonds is 11. The van der Waals surface area contributed by atoms with Crippen molar-refractivity contribution in [2.45, 2.75) is 46.3 Å². The first-order chi connectivity index (χ1) is 23.8. The molecule has 0 amide bonds. The van der Waals surface area contributed by atoms with Gasteiger partial charge in [0.2, 0.25) is 0 Å². The van der Waals surface area contributed by atoms with Crippen molar-refractivity contribution >= 4 is 40.7 Å². The maximum atomic E-state index is 14.4. The Morgan fingerprint density at radius 3 is 2.39 bits per heavy atom. The highest BCUT2D eigenvalue weighted by Crippen LogP contribution is 2.36. The predicted molar refractivity (Wildman–Crippen MR) is 195 cm³/mol. The van der Waals surface area contributed by atoms with Gasteiger partial charge in [0.15, 0.2) is 16.3 Å². The van der Waals surface area contributed by atoms with Crippen LogP contribution in [0.25, 0.3) is 11.8 Å². The van der Waals surface area contributed by atoms with Crippen LogP contribution in [0.4, 0.5) is 0 Å². The van der Waals surface area contributed by atoms with Crippen molar-refractivity contribution in [3.8, 4) is 11.5 Å². The van der Waals surface area contributed by atoms with Crippen LogP contribution >= 0.6 is 22.9 Å². The number of hydrogen-bond donors (Lipinski definition) is 0. The summed E-state index contributed by atoms with van der Waals surface area (Å²) in [4.78, 5) is 33.6. The Balaban J connectivity index is 1.48. The first-order valence-corrected chi connectivity index (χ1v) is 17.5. The predicted octanol–water partition coefficient (Wildman–Crippen LogP) is 7.69. The first kappa shape index (κ1) is 34.0. The Morgan fingerprint density at radius 2 is 1.69 bits per heavy atom. The van der Waals surface area contributed by atoms with Crippen molar-refractivity contribution < 1.29 is 19.0 Å². The standard InChI is InChI=1S/C40H37ClN2O5S/c1-5-46-33-22-26(15-20-32(33)48-24-27-11-10-14-31(41)21-27)23-34-38(44)43-37(30-18-16-28(17-19-30)25(3)4)35(39(45)47-6-2)36(42-40(43)49-34)29-12-8-7-9-13-29/h7-23,25,37H,5-6,24H2,1-4H3/b34-23-/t37-/m1/s1. The molecule has 0 fully saturated rings. The van der Waals surface area contributed by atoms with Gasteiger partial charge in [-0.25, -0.2) is 9.79 Å². The minimum Gasteiger partial charge on any atom is -0.490 e. The van der Waals surface area contributed by atoms with E-state index in [2.05, 4.69) is 13.8 Å². The van der Waals surface area contributed by atoms with E-state index in [-0.39, 0.29) is 12.2 Å². The molecule has 9 heteroatoms. The molecule has 0 bridgehead atoms. The Morgan fingerprint density at radius 1 is 0.918 bits per heavy atom. The van der Waals surface area contributed by atoms with E-state index in [4.69, 9.17) is 30.8 Å². The van der Waals surface area contributed by atoms with E-state index in [1.165, 1.54) is 11.3 Å². The van der Waals surface area contributed by atoms with Gasteiger partial charge in [-0.2, -0.15) is 0 Å². The number of carbonyl (C=O) groups excluding carboxylic acids is 1. The molecule has 1 atom stereocenters. The molecular formula is C40H37ClN2O5S. The molecule has 0 spiro atoms. The van der Waals surface area contributed by atoms with E-state index < -0.39 is 12.0 Å². The SMILES string of the molecule is CCOC(=O)C1=C(c2ccccc2)N=c2s/c(=C\c3ccc(OCc4cccc(Cl)c4)c(OCC)c3)c(=O)n2[C@@H]1c1ccc(C(C)C)cc1. The molecule has 250 valence electrons. The second kappa shape index (κ2) is 15.1. The summed E-state index contributed by atoms with van der Waals surface area (Å²) in [7, 11) is 0.